The van der Waals surface area contributed by atoms with Crippen molar-refractivity contribution in [3.63, 3.8) is 0 Å². The van der Waals surface area contributed by atoms with E-state index in [2.05, 4.69) is 9.71 Å². The Morgan fingerprint density at radius 1 is 1.29 bits per heavy atom. The van der Waals surface area contributed by atoms with Gasteiger partial charge in [-0.15, -0.1) is 0 Å². The molecule has 0 saturated carbocycles. The van der Waals surface area contributed by atoms with Crippen LogP contribution in [0.3, 0.4) is 0 Å². The molecule has 0 radical (unpaired) electrons. The van der Waals surface area contributed by atoms with Crippen molar-refractivity contribution in [3.05, 3.63) is 30.5 Å². The van der Waals surface area contributed by atoms with Crippen LogP contribution in [0.5, 0.6) is 0 Å². The number of rotatable bonds is 5. The first-order valence-electron chi connectivity index (χ1n) is 10.6. The third-order valence-corrected chi connectivity index (χ3v) is 7.23. The maximum Gasteiger partial charge on any atom is 0.290 e. The summed E-state index contributed by atoms with van der Waals surface area (Å²) in [6.45, 7) is 3.65. The van der Waals surface area contributed by atoms with E-state index in [1.807, 2.05) is 0 Å². The number of morpholine rings is 1. The Kier molecular flexibility index (Phi) is 8.02. The van der Waals surface area contributed by atoms with E-state index in [4.69, 9.17) is 20.4 Å². The van der Waals surface area contributed by atoms with Gasteiger partial charge in [-0.25, -0.2) is 13.4 Å². The zero-order valence-electron chi connectivity index (χ0n) is 18.6. The number of nitrogens with one attached hydrogen (secondary N) is 1. The zero-order valence-corrected chi connectivity index (χ0v) is 19.4. The molecule has 2 saturated heterocycles. The number of nitrogens with zero attached hydrogens (tertiary/aromatic N) is 3. The maximum atomic E-state index is 12.9. The largest absolute Gasteiger partial charge is 0.483 e. The first-order valence-corrected chi connectivity index (χ1v) is 12.1. The van der Waals surface area contributed by atoms with Crippen LogP contribution in [0, 0.1) is 0 Å². The summed E-state index contributed by atoms with van der Waals surface area (Å²) in [5.74, 6) is -0.328. The number of hydrogen-bond acceptors (Lipinski definition) is 8. The van der Waals surface area contributed by atoms with Crippen molar-refractivity contribution < 1.29 is 32.6 Å². The van der Waals surface area contributed by atoms with Gasteiger partial charge < -0.3 is 25.4 Å². The van der Waals surface area contributed by atoms with E-state index < -0.39 is 28.0 Å². The molecular formula is C21H27N5O7S. The van der Waals surface area contributed by atoms with Gasteiger partial charge in [0.25, 0.3) is 6.47 Å². The minimum absolute atomic E-state index is 0.00314. The third kappa shape index (κ3) is 5.43. The lowest BCUT2D eigenvalue weighted by Crippen LogP contribution is -2.52. The summed E-state index contributed by atoms with van der Waals surface area (Å²) < 4.78 is 33.6. The molecule has 2 aliphatic heterocycles. The van der Waals surface area contributed by atoms with Crippen LogP contribution < -0.4 is 10.5 Å². The van der Waals surface area contributed by atoms with E-state index in [9.17, 15) is 18.0 Å². The van der Waals surface area contributed by atoms with Crippen molar-refractivity contribution in [1.82, 2.24) is 19.5 Å². The number of fused-ring (bicyclic) bond motifs is 1. The third-order valence-electron chi connectivity index (χ3n) is 5.76. The van der Waals surface area contributed by atoms with Crippen molar-refractivity contribution in [2.75, 3.05) is 38.6 Å². The molecule has 2 amide bonds. The van der Waals surface area contributed by atoms with E-state index in [-0.39, 0.29) is 29.5 Å². The number of nitrogen functional groups attached to an aromatic ring is 1. The molecule has 184 valence electrons. The second-order valence-electron chi connectivity index (χ2n) is 7.79. The number of likely N-dealkylation sites (tertiary alicyclic amines) is 1. The Morgan fingerprint density at radius 3 is 2.65 bits per heavy atom. The van der Waals surface area contributed by atoms with E-state index in [1.54, 1.807) is 30.2 Å². The quantitative estimate of drug-likeness (QED) is 0.470. The van der Waals surface area contributed by atoms with Crippen molar-refractivity contribution >= 4 is 44.9 Å². The number of carbonyl (C=O) groups excluding carboxylic acids is 2. The number of amides is 2. The molecule has 0 aliphatic carbocycles. The molecule has 4 rings (SSSR count). The molecule has 2 aliphatic rings. The monoisotopic (exact) mass is 493 g/mol. The fraction of sp³-hybridized carbons (Fsp3) is 0.429. The van der Waals surface area contributed by atoms with E-state index in [0.29, 0.717) is 38.2 Å². The summed E-state index contributed by atoms with van der Waals surface area (Å²) in [6, 6.07) is 4.71. The van der Waals surface area contributed by atoms with Gasteiger partial charge in [-0.1, -0.05) is 6.07 Å². The number of anilines is 1. The molecule has 0 bridgehead atoms. The van der Waals surface area contributed by atoms with Crippen molar-refractivity contribution in [1.29, 1.82) is 0 Å². The molecule has 1 aromatic carbocycles. The summed E-state index contributed by atoms with van der Waals surface area (Å²) in [6.07, 6.45) is 1.84. The summed E-state index contributed by atoms with van der Waals surface area (Å²) in [4.78, 5) is 41.1. The number of carbonyl (C=O) groups is 3. The van der Waals surface area contributed by atoms with E-state index in [0.717, 1.165) is 5.39 Å². The first-order chi connectivity index (χ1) is 16.2. The average molecular weight is 494 g/mol. The van der Waals surface area contributed by atoms with Crippen LogP contribution >= 0.6 is 0 Å². The molecule has 0 unspecified atom stereocenters. The predicted octanol–water partition coefficient (Wildman–Crippen LogP) is -0.356. The lowest BCUT2D eigenvalue weighted by Gasteiger charge is -2.32. The highest BCUT2D eigenvalue weighted by atomic mass is 32.2. The minimum atomic E-state index is -3.97. The van der Waals surface area contributed by atoms with Crippen molar-refractivity contribution in [2.45, 2.75) is 30.3 Å². The lowest BCUT2D eigenvalue weighted by molar-refractivity contribution is -0.146. The van der Waals surface area contributed by atoms with Crippen LogP contribution in [-0.4, -0.2) is 91.5 Å². The van der Waals surface area contributed by atoms with Gasteiger partial charge in [0.15, 0.2) is 0 Å². The minimum Gasteiger partial charge on any atom is -0.483 e. The van der Waals surface area contributed by atoms with Crippen LogP contribution in [0.15, 0.2) is 35.4 Å². The van der Waals surface area contributed by atoms with Gasteiger partial charge in [-0.2, -0.15) is 4.72 Å². The highest BCUT2D eigenvalue weighted by Crippen LogP contribution is 2.24. The Labute approximate surface area is 196 Å². The number of carboxylic acid groups (broad SMARTS) is 1. The fourth-order valence-electron chi connectivity index (χ4n) is 3.97. The molecule has 2 aromatic rings. The van der Waals surface area contributed by atoms with Gasteiger partial charge in [0, 0.05) is 31.2 Å². The molecular weight excluding hydrogens is 466 g/mol. The summed E-state index contributed by atoms with van der Waals surface area (Å²) in [5, 5.41) is 8.18. The Bertz CT molecular complexity index is 1170. The van der Waals surface area contributed by atoms with E-state index in [1.165, 1.54) is 17.0 Å². The molecule has 2 atom stereocenters. The van der Waals surface area contributed by atoms with Gasteiger partial charge in [-0.05, 0) is 36.9 Å². The topological polar surface area (TPSA) is 172 Å². The Balaban J connectivity index is 0.00000103. The standard InChI is InChI=1S/C20H25N5O5S.CH2O2/c1-13(19(26)24-8-10-30-11-9-24)25-7-5-17(20(25)27)23-31(28,29)15-3-2-14-4-6-22-18(21)16(14)12-15;2-1-3/h2-4,6,12-13,17,23H,5,7-11H2,1H3,(H2,21,22);1H,(H,2,3)/t13-,17-;/m0./s1. The predicted molar refractivity (Wildman–Crippen MR) is 122 cm³/mol. The number of benzene rings is 1. The summed E-state index contributed by atoms with van der Waals surface area (Å²) >= 11 is 0. The molecule has 34 heavy (non-hydrogen) atoms. The number of aromatic nitrogens is 1. The van der Waals surface area contributed by atoms with Crippen LogP contribution in [0.2, 0.25) is 0 Å². The second kappa shape index (κ2) is 10.8. The van der Waals surface area contributed by atoms with Crippen LogP contribution in [0.25, 0.3) is 10.8 Å². The highest BCUT2D eigenvalue weighted by Gasteiger charge is 2.40. The Morgan fingerprint density at radius 2 is 1.97 bits per heavy atom. The van der Waals surface area contributed by atoms with Crippen LogP contribution in [0.4, 0.5) is 5.82 Å². The van der Waals surface area contributed by atoms with Gasteiger partial charge in [0.05, 0.1) is 18.1 Å². The highest BCUT2D eigenvalue weighted by molar-refractivity contribution is 7.89. The fourth-order valence-corrected chi connectivity index (χ4v) is 5.22. The lowest BCUT2D eigenvalue weighted by atomic mass is 10.2. The zero-order chi connectivity index (χ0) is 24.9. The van der Waals surface area contributed by atoms with Gasteiger partial charge >= 0.3 is 0 Å². The van der Waals surface area contributed by atoms with Gasteiger partial charge in [0.2, 0.25) is 21.8 Å². The maximum absolute atomic E-state index is 12.9. The molecule has 3 heterocycles. The number of pyridine rings is 1. The van der Waals surface area contributed by atoms with Crippen LogP contribution in [0.1, 0.15) is 13.3 Å². The molecule has 13 heteroatoms. The SMILES string of the molecule is C[C@@H](C(=O)N1CCOCC1)N1CC[C@H](NS(=O)(=O)c2ccc3ccnc(N)c3c2)C1=O.O=CO. The van der Waals surface area contributed by atoms with E-state index >= 15 is 0 Å². The molecule has 2 fully saturated rings. The van der Waals surface area contributed by atoms with Crippen LogP contribution in [-0.2, 0) is 29.1 Å². The van der Waals surface area contributed by atoms with Gasteiger partial charge in [-0.3, -0.25) is 14.4 Å². The number of hydrogen-bond donors (Lipinski definition) is 3. The molecule has 4 N–H and O–H groups in total. The molecule has 0 spiro atoms. The van der Waals surface area contributed by atoms with Crippen molar-refractivity contribution in [3.8, 4) is 0 Å². The second-order valence-corrected chi connectivity index (χ2v) is 9.51. The smallest absolute Gasteiger partial charge is 0.290 e. The number of sulfonamides is 1. The first kappa shape index (κ1) is 25.3. The van der Waals surface area contributed by atoms with Crippen molar-refractivity contribution in [2.24, 2.45) is 0 Å². The Hall–Kier alpha value is -3.29. The van der Waals surface area contributed by atoms with Gasteiger partial charge in [0.1, 0.15) is 17.9 Å². The molecule has 12 nitrogen and oxygen atoms in total. The summed E-state index contributed by atoms with van der Waals surface area (Å²) in [5.41, 5.74) is 5.86. The summed E-state index contributed by atoms with van der Waals surface area (Å²) in [7, 11) is -3.97. The average Bonchev–Trinajstić information content (AvgIpc) is 3.18. The normalized spacial score (nSPS) is 19.4. The molecule has 1 aromatic heterocycles. The number of nitrogens with two attached hydrogens (primary N) is 1. The number of ether oxygens (including phenoxy) is 1.